The summed E-state index contributed by atoms with van der Waals surface area (Å²) in [5.41, 5.74) is 4.77. The molecule has 0 unspecified atom stereocenters. The minimum atomic E-state index is -0.267. The quantitative estimate of drug-likeness (QED) is 0.650. The van der Waals surface area contributed by atoms with Gasteiger partial charge >= 0.3 is 0 Å². The lowest BCUT2D eigenvalue weighted by molar-refractivity contribution is 0.0724. The van der Waals surface area contributed by atoms with E-state index in [-0.39, 0.29) is 17.0 Å². The normalized spacial score (nSPS) is 15.1. The summed E-state index contributed by atoms with van der Waals surface area (Å²) in [7, 11) is 1.59. The standard InChI is InChI=1S/C24H25N3O4/c1-15-9-12-27(19-8-4-6-16-5-3-7-17(16)19)24(29)22(15)23(28)26-11-10-20-18(13-26)25-21(31-20)14-30-2/h4,6,8-9,12H,3,5,7,10-11,13-14H2,1-2H3. The average molecular weight is 419 g/mol. The molecule has 0 N–H and O–H groups in total. The van der Waals surface area contributed by atoms with Gasteiger partial charge < -0.3 is 14.1 Å². The van der Waals surface area contributed by atoms with Crippen molar-refractivity contribution >= 4 is 5.91 Å². The molecule has 3 heterocycles. The van der Waals surface area contributed by atoms with Gasteiger partial charge in [0.2, 0.25) is 5.89 Å². The number of carbonyl (C=O) groups excluding carboxylic acids is 1. The Morgan fingerprint density at radius 1 is 1.23 bits per heavy atom. The zero-order valence-electron chi connectivity index (χ0n) is 17.8. The number of nitrogens with zero attached hydrogens (tertiary/aromatic N) is 3. The zero-order chi connectivity index (χ0) is 21.5. The van der Waals surface area contributed by atoms with E-state index >= 15 is 0 Å². The van der Waals surface area contributed by atoms with Crippen LogP contribution in [-0.4, -0.2) is 34.0 Å². The van der Waals surface area contributed by atoms with Gasteiger partial charge in [0.1, 0.15) is 23.6 Å². The molecule has 1 amide bonds. The Bertz CT molecular complexity index is 1220. The van der Waals surface area contributed by atoms with Gasteiger partial charge in [-0.2, -0.15) is 0 Å². The highest BCUT2D eigenvalue weighted by molar-refractivity contribution is 5.95. The molecule has 0 atom stereocenters. The van der Waals surface area contributed by atoms with Crippen LogP contribution in [0.25, 0.3) is 5.69 Å². The fourth-order valence-electron chi connectivity index (χ4n) is 4.67. The molecule has 7 nitrogen and oxygen atoms in total. The number of rotatable bonds is 4. The summed E-state index contributed by atoms with van der Waals surface area (Å²) in [5.74, 6) is 1.04. The summed E-state index contributed by atoms with van der Waals surface area (Å²) in [6, 6.07) is 7.93. The molecule has 0 saturated carbocycles. The SMILES string of the molecule is COCc1nc2c(o1)CCN(C(=O)c1c(C)ccn(-c3cccc4c3CCC4)c1=O)C2. The maximum absolute atomic E-state index is 13.5. The van der Waals surface area contributed by atoms with Gasteiger partial charge in [-0.3, -0.25) is 14.2 Å². The molecule has 0 fully saturated rings. The van der Waals surface area contributed by atoms with Crippen LogP contribution in [-0.2, 0) is 37.2 Å². The Kier molecular flexibility index (Phi) is 4.98. The van der Waals surface area contributed by atoms with Crippen molar-refractivity contribution in [3.63, 3.8) is 0 Å². The topological polar surface area (TPSA) is 77.6 Å². The van der Waals surface area contributed by atoms with E-state index < -0.39 is 0 Å². The highest BCUT2D eigenvalue weighted by Crippen LogP contribution is 2.27. The number of hydrogen-bond acceptors (Lipinski definition) is 5. The Labute approximate surface area is 180 Å². The second-order valence-electron chi connectivity index (χ2n) is 8.20. The van der Waals surface area contributed by atoms with Crippen LogP contribution >= 0.6 is 0 Å². The number of ether oxygens (including phenoxy) is 1. The second kappa shape index (κ2) is 7.81. The van der Waals surface area contributed by atoms with Crippen molar-refractivity contribution in [1.82, 2.24) is 14.5 Å². The van der Waals surface area contributed by atoms with Gasteiger partial charge in [-0.05, 0) is 55.0 Å². The van der Waals surface area contributed by atoms with Gasteiger partial charge in [0, 0.05) is 26.3 Å². The summed E-state index contributed by atoms with van der Waals surface area (Å²) in [6.07, 6.45) is 5.45. The van der Waals surface area contributed by atoms with Gasteiger partial charge in [0.15, 0.2) is 0 Å². The van der Waals surface area contributed by atoms with Crippen LogP contribution in [0, 0.1) is 6.92 Å². The molecule has 2 aliphatic rings. The Hall–Kier alpha value is -3.19. The molecule has 1 aromatic carbocycles. The van der Waals surface area contributed by atoms with Gasteiger partial charge in [-0.1, -0.05) is 12.1 Å². The number of amides is 1. The van der Waals surface area contributed by atoms with Crippen LogP contribution in [0.1, 0.15) is 50.8 Å². The lowest BCUT2D eigenvalue weighted by Gasteiger charge is -2.26. The summed E-state index contributed by atoms with van der Waals surface area (Å²) in [5, 5.41) is 0. The molecular formula is C24H25N3O4. The minimum Gasteiger partial charge on any atom is -0.443 e. The zero-order valence-corrected chi connectivity index (χ0v) is 17.8. The van der Waals surface area contributed by atoms with Crippen LogP contribution < -0.4 is 5.56 Å². The first kappa shape index (κ1) is 19.8. The smallest absolute Gasteiger partial charge is 0.268 e. The van der Waals surface area contributed by atoms with Crippen LogP contribution in [0.5, 0.6) is 0 Å². The molecule has 0 saturated heterocycles. The van der Waals surface area contributed by atoms with Crippen molar-refractivity contribution < 1.29 is 13.9 Å². The lowest BCUT2D eigenvalue weighted by Crippen LogP contribution is -2.40. The van der Waals surface area contributed by atoms with Gasteiger partial charge in [-0.15, -0.1) is 0 Å². The molecule has 3 aromatic rings. The number of aromatic nitrogens is 2. The van der Waals surface area contributed by atoms with E-state index in [2.05, 4.69) is 11.1 Å². The number of carbonyl (C=O) groups is 1. The third-order valence-electron chi connectivity index (χ3n) is 6.22. The van der Waals surface area contributed by atoms with Crippen molar-refractivity contribution in [2.45, 2.75) is 45.8 Å². The Balaban J connectivity index is 1.49. The molecule has 160 valence electrons. The van der Waals surface area contributed by atoms with Crippen molar-refractivity contribution in [2.75, 3.05) is 13.7 Å². The Morgan fingerprint density at radius 3 is 2.94 bits per heavy atom. The number of oxazole rings is 1. The van der Waals surface area contributed by atoms with E-state index in [1.807, 2.05) is 25.1 Å². The van der Waals surface area contributed by atoms with Crippen molar-refractivity contribution in [1.29, 1.82) is 0 Å². The first-order valence-electron chi connectivity index (χ1n) is 10.7. The average Bonchev–Trinajstić information content (AvgIpc) is 3.40. The molecular weight excluding hydrogens is 394 g/mol. The monoisotopic (exact) mass is 419 g/mol. The number of benzene rings is 1. The summed E-state index contributed by atoms with van der Waals surface area (Å²) < 4.78 is 12.4. The second-order valence-corrected chi connectivity index (χ2v) is 8.20. The van der Waals surface area contributed by atoms with E-state index in [0.29, 0.717) is 37.6 Å². The maximum atomic E-state index is 13.5. The van der Waals surface area contributed by atoms with E-state index in [0.717, 1.165) is 36.4 Å². The highest BCUT2D eigenvalue weighted by atomic mass is 16.5. The van der Waals surface area contributed by atoms with Crippen LogP contribution in [0.3, 0.4) is 0 Å². The largest absolute Gasteiger partial charge is 0.443 e. The molecule has 0 bridgehead atoms. The van der Waals surface area contributed by atoms with Gasteiger partial charge in [0.05, 0.1) is 12.2 Å². The predicted molar refractivity (Wildman–Crippen MR) is 114 cm³/mol. The molecule has 5 rings (SSSR count). The molecule has 0 radical (unpaired) electrons. The van der Waals surface area contributed by atoms with E-state index in [1.54, 1.807) is 22.8 Å². The highest BCUT2D eigenvalue weighted by Gasteiger charge is 2.29. The van der Waals surface area contributed by atoms with Gasteiger partial charge in [-0.25, -0.2) is 4.98 Å². The van der Waals surface area contributed by atoms with Crippen LogP contribution in [0.4, 0.5) is 0 Å². The molecule has 1 aliphatic carbocycles. The summed E-state index contributed by atoms with van der Waals surface area (Å²) in [4.78, 5) is 33.0. The lowest BCUT2D eigenvalue weighted by atomic mass is 10.1. The van der Waals surface area contributed by atoms with Gasteiger partial charge in [0.25, 0.3) is 11.5 Å². The number of pyridine rings is 1. The van der Waals surface area contributed by atoms with Crippen LogP contribution in [0.15, 0.2) is 39.7 Å². The fraction of sp³-hybridized carbons (Fsp3) is 0.375. The molecule has 7 heteroatoms. The predicted octanol–water partition coefficient (Wildman–Crippen LogP) is 2.97. The molecule has 31 heavy (non-hydrogen) atoms. The first-order valence-corrected chi connectivity index (χ1v) is 10.7. The Morgan fingerprint density at radius 2 is 2.10 bits per heavy atom. The van der Waals surface area contributed by atoms with E-state index in [4.69, 9.17) is 9.15 Å². The van der Waals surface area contributed by atoms with Crippen molar-refractivity contribution in [2.24, 2.45) is 0 Å². The summed E-state index contributed by atoms with van der Waals surface area (Å²) >= 11 is 0. The first-order chi connectivity index (χ1) is 15.1. The number of fused-ring (bicyclic) bond motifs is 2. The summed E-state index contributed by atoms with van der Waals surface area (Å²) in [6.45, 7) is 2.93. The minimum absolute atomic E-state index is 0.224. The third-order valence-corrected chi connectivity index (χ3v) is 6.22. The molecule has 1 aliphatic heterocycles. The third kappa shape index (κ3) is 3.39. The van der Waals surface area contributed by atoms with E-state index in [9.17, 15) is 9.59 Å². The number of hydrogen-bond donors (Lipinski definition) is 0. The van der Waals surface area contributed by atoms with E-state index in [1.165, 1.54) is 11.1 Å². The van der Waals surface area contributed by atoms with Crippen molar-refractivity contribution in [3.05, 3.63) is 80.4 Å². The van der Waals surface area contributed by atoms with Crippen LogP contribution in [0.2, 0.25) is 0 Å². The number of methoxy groups -OCH3 is 1. The number of aryl methyl sites for hydroxylation is 2. The van der Waals surface area contributed by atoms with Crippen molar-refractivity contribution in [3.8, 4) is 5.69 Å². The molecule has 0 spiro atoms. The molecule has 2 aromatic heterocycles. The maximum Gasteiger partial charge on any atom is 0.268 e. The fourth-order valence-corrected chi connectivity index (χ4v) is 4.67.